The summed E-state index contributed by atoms with van der Waals surface area (Å²) in [4.78, 5) is 30.6. The monoisotopic (exact) mass is 635 g/mol. The third-order valence-corrected chi connectivity index (χ3v) is 9.61. The molecule has 0 saturated carbocycles. The van der Waals surface area contributed by atoms with Crippen LogP contribution < -0.4 is 0 Å². The summed E-state index contributed by atoms with van der Waals surface area (Å²) in [6, 6.07) is 0. The standard InChI is InChI=1S/C41H82N2O2/c1-5-9-13-17-24-30-36-42(37-31-25-18-14-10-6-2)40(44)34-28-22-21-23-29-35-41(45)43(38-32-26-19-15-11-7-3)39-33-27-20-16-12-8-4/h5-39H2,1-4H3. The highest BCUT2D eigenvalue weighted by Crippen LogP contribution is 2.15. The van der Waals surface area contributed by atoms with Gasteiger partial charge in [0.1, 0.15) is 0 Å². The molecule has 0 radical (unpaired) electrons. The summed E-state index contributed by atoms with van der Waals surface area (Å²) < 4.78 is 0. The van der Waals surface area contributed by atoms with Crippen molar-refractivity contribution in [2.45, 2.75) is 227 Å². The van der Waals surface area contributed by atoms with E-state index in [0.29, 0.717) is 24.7 Å². The molecule has 0 saturated heterocycles. The van der Waals surface area contributed by atoms with Gasteiger partial charge in [0.25, 0.3) is 0 Å². The molecule has 0 rings (SSSR count). The minimum atomic E-state index is 0.382. The summed E-state index contributed by atoms with van der Waals surface area (Å²) in [5, 5.41) is 0. The number of carbonyl (C=O) groups is 2. The summed E-state index contributed by atoms with van der Waals surface area (Å²) in [5.74, 6) is 0.764. The van der Waals surface area contributed by atoms with Crippen molar-refractivity contribution >= 4 is 11.8 Å². The number of nitrogens with zero attached hydrogens (tertiary/aromatic N) is 2. The molecular weight excluding hydrogens is 552 g/mol. The van der Waals surface area contributed by atoms with Crippen LogP contribution in [0.3, 0.4) is 0 Å². The lowest BCUT2D eigenvalue weighted by Crippen LogP contribution is -2.33. The number of rotatable bonds is 36. The van der Waals surface area contributed by atoms with Crippen molar-refractivity contribution in [2.24, 2.45) is 0 Å². The highest BCUT2D eigenvalue weighted by molar-refractivity contribution is 5.76. The predicted octanol–water partition coefficient (Wildman–Crippen LogP) is 12.8. The topological polar surface area (TPSA) is 40.6 Å². The molecule has 0 unspecified atom stereocenters. The first-order valence-electron chi connectivity index (χ1n) is 20.7. The predicted molar refractivity (Wildman–Crippen MR) is 199 cm³/mol. The summed E-state index contributed by atoms with van der Waals surface area (Å²) in [6.07, 6.45) is 37.5. The van der Waals surface area contributed by atoms with Gasteiger partial charge in [-0.25, -0.2) is 0 Å². The van der Waals surface area contributed by atoms with E-state index in [-0.39, 0.29) is 0 Å². The van der Waals surface area contributed by atoms with E-state index in [1.807, 2.05) is 0 Å². The van der Waals surface area contributed by atoms with E-state index in [9.17, 15) is 9.59 Å². The fraction of sp³-hybridized carbons (Fsp3) is 0.951. The zero-order chi connectivity index (χ0) is 33.1. The summed E-state index contributed by atoms with van der Waals surface area (Å²) in [5.41, 5.74) is 0. The van der Waals surface area contributed by atoms with Gasteiger partial charge in [-0.15, -0.1) is 0 Å². The second kappa shape index (κ2) is 35.8. The average Bonchev–Trinajstić information content (AvgIpc) is 3.04. The molecular formula is C41H82N2O2. The first kappa shape index (κ1) is 43.9. The van der Waals surface area contributed by atoms with Gasteiger partial charge in [0.05, 0.1) is 0 Å². The molecule has 4 heteroatoms. The fourth-order valence-electron chi connectivity index (χ4n) is 6.45. The maximum Gasteiger partial charge on any atom is 0.222 e. The molecule has 0 aliphatic heterocycles. The van der Waals surface area contributed by atoms with E-state index >= 15 is 0 Å². The molecule has 0 aliphatic carbocycles. The van der Waals surface area contributed by atoms with Crippen LogP contribution >= 0.6 is 0 Å². The number of amides is 2. The molecule has 0 heterocycles. The van der Waals surface area contributed by atoms with Crippen LogP contribution in [-0.4, -0.2) is 47.8 Å². The van der Waals surface area contributed by atoms with Crippen molar-refractivity contribution in [3.8, 4) is 0 Å². The van der Waals surface area contributed by atoms with Gasteiger partial charge in [0.15, 0.2) is 0 Å². The average molecular weight is 635 g/mol. The fourth-order valence-corrected chi connectivity index (χ4v) is 6.45. The molecule has 0 aromatic carbocycles. The second-order valence-electron chi connectivity index (χ2n) is 14.1. The highest BCUT2D eigenvalue weighted by atomic mass is 16.2. The number of unbranched alkanes of at least 4 members (excludes halogenated alkanes) is 24. The van der Waals surface area contributed by atoms with Crippen molar-refractivity contribution in [1.82, 2.24) is 9.80 Å². The molecule has 45 heavy (non-hydrogen) atoms. The smallest absolute Gasteiger partial charge is 0.222 e. The van der Waals surface area contributed by atoms with Crippen LogP contribution in [0.4, 0.5) is 0 Å². The molecule has 0 bridgehead atoms. The molecule has 0 fully saturated rings. The van der Waals surface area contributed by atoms with Crippen LogP contribution in [0.2, 0.25) is 0 Å². The zero-order valence-corrected chi connectivity index (χ0v) is 31.5. The Labute approximate surface area is 283 Å². The van der Waals surface area contributed by atoms with Gasteiger partial charge in [-0.3, -0.25) is 9.59 Å². The van der Waals surface area contributed by atoms with E-state index in [0.717, 1.165) is 84.0 Å². The Hall–Kier alpha value is -1.06. The molecule has 0 spiro atoms. The molecule has 2 amide bonds. The van der Waals surface area contributed by atoms with Gasteiger partial charge >= 0.3 is 0 Å². The number of hydrogen-bond donors (Lipinski definition) is 0. The number of carbonyl (C=O) groups excluding carboxylic acids is 2. The van der Waals surface area contributed by atoms with Crippen molar-refractivity contribution < 1.29 is 9.59 Å². The maximum absolute atomic E-state index is 13.1. The van der Waals surface area contributed by atoms with E-state index in [1.54, 1.807) is 0 Å². The van der Waals surface area contributed by atoms with E-state index in [1.165, 1.54) is 128 Å². The Kier molecular flexibility index (Phi) is 34.9. The first-order valence-corrected chi connectivity index (χ1v) is 20.7. The van der Waals surface area contributed by atoms with Gasteiger partial charge in [-0.05, 0) is 38.5 Å². The molecule has 0 aromatic rings. The Balaban J connectivity index is 4.37. The lowest BCUT2D eigenvalue weighted by atomic mass is 10.1. The van der Waals surface area contributed by atoms with Gasteiger partial charge in [0, 0.05) is 39.0 Å². The second-order valence-corrected chi connectivity index (χ2v) is 14.1. The normalized spacial score (nSPS) is 11.3. The lowest BCUT2D eigenvalue weighted by molar-refractivity contribution is -0.132. The molecule has 0 atom stereocenters. The Bertz CT molecular complexity index is 539. The minimum absolute atomic E-state index is 0.382. The Morgan fingerprint density at radius 1 is 0.289 bits per heavy atom. The summed E-state index contributed by atoms with van der Waals surface area (Å²) in [7, 11) is 0. The first-order chi connectivity index (χ1) is 22.1. The lowest BCUT2D eigenvalue weighted by Gasteiger charge is -2.23. The molecule has 0 aliphatic rings. The van der Waals surface area contributed by atoms with Gasteiger partial charge in [0.2, 0.25) is 11.8 Å². The van der Waals surface area contributed by atoms with E-state index in [2.05, 4.69) is 37.5 Å². The van der Waals surface area contributed by atoms with Crippen molar-refractivity contribution in [3.05, 3.63) is 0 Å². The molecule has 4 nitrogen and oxygen atoms in total. The van der Waals surface area contributed by atoms with Crippen molar-refractivity contribution in [2.75, 3.05) is 26.2 Å². The number of hydrogen-bond acceptors (Lipinski definition) is 2. The van der Waals surface area contributed by atoms with Crippen LogP contribution in [0.5, 0.6) is 0 Å². The van der Waals surface area contributed by atoms with Crippen molar-refractivity contribution in [1.29, 1.82) is 0 Å². The summed E-state index contributed by atoms with van der Waals surface area (Å²) >= 11 is 0. The molecule has 0 aromatic heterocycles. The maximum atomic E-state index is 13.1. The third kappa shape index (κ3) is 30.0. The quantitative estimate of drug-likeness (QED) is 0.0643. The zero-order valence-electron chi connectivity index (χ0n) is 31.5. The molecule has 268 valence electrons. The van der Waals surface area contributed by atoms with Crippen LogP contribution in [0.15, 0.2) is 0 Å². The third-order valence-electron chi connectivity index (χ3n) is 9.61. The van der Waals surface area contributed by atoms with Crippen molar-refractivity contribution in [3.63, 3.8) is 0 Å². The minimum Gasteiger partial charge on any atom is -0.343 e. The van der Waals surface area contributed by atoms with Gasteiger partial charge < -0.3 is 9.80 Å². The van der Waals surface area contributed by atoms with Crippen LogP contribution in [-0.2, 0) is 9.59 Å². The van der Waals surface area contributed by atoms with Crippen LogP contribution in [0.25, 0.3) is 0 Å². The van der Waals surface area contributed by atoms with Crippen LogP contribution in [0.1, 0.15) is 227 Å². The van der Waals surface area contributed by atoms with E-state index in [4.69, 9.17) is 0 Å². The van der Waals surface area contributed by atoms with Gasteiger partial charge in [-0.2, -0.15) is 0 Å². The largest absolute Gasteiger partial charge is 0.343 e. The Morgan fingerprint density at radius 2 is 0.489 bits per heavy atom. The summed E-state index contributed by atoms with van der Waals surface area (Å²) in [6.45, 7) is 12.9. The molecule has 0 N–H and O–H groups in total. The van der Waals surface area contributed by atoms with Gasteiger partial charge in [-0.1, -0.05) is 175 Å². The SMILES string of the molecule is CCCCCCCCN(CCCCCCCC)C(=O)CCCCCCCC(=O)N(CCCCCCCC)CCCCCCCC. The van der Waals surface area contributed by atoms with E-state index < -0.39 is 0 Å². The Morgan fingerprint density at radius 3 is 0.733 bits per heavy atom. The highest BCUT2D eigenvalue weighted by Gasteiger charge is 2.14. The van der Waals surface area contributed by atoms with Crippen LogP contribution in [0, 0.1) is 0 Å².